The van der Waals surface area contributed by atoms with Gasteiger partial charge in [-0.3, -0.25) is 4.79 Å². The van der Waals surface area contributed by atoms with Gasteiger partial charge < -0.3 is 24.6 Å². The van der Waals surface area contributed by atoms with E-state index in [2.05, 4.69) is 5.32 Å². The normalized spacial score (nSPS) is 23.0. The minimum Gasteiger partial charge on any atom is -0.488 e. The van der Waals surface area contributed by atoms with Crippen LogP contribution in [0.2, 0.25) is 0 Å². The molecule has 2 atom stereocenters. The lowest BCUT2D eigenvalue weighted by atomic mass is 10.1. The lowest BCUT2D eigenvalue weighted by Gasteiger charge is -2.32. The van der Waals surface area contributed by atoms with Crippen molar-refractivity contribution in [3.63, 3.8) is 0 Å². The SMILES string of the molecule is CCCNC(=O)N1C[C@@H](Oc2ccccc2)C[C@H]1C(=O)N1CCOCC1. The fourth-order valence-electron chi connectivity index (χ4n) is 3.36. The summed E-state index contributed by atoms with van der Waals surface area (Å²) in [6.45, 7) is 5.24. The van der Waals surface area contributed by atoms with Gasteiger partial charge in [0, 0.05) is 26.1 Å². The van der Waals surface area contributed by atoms with Crippen molar-refractivity contribution in [1.29, 1.82) is 0 Å². The van der Waals surface area contributed by atoms with Crippen molar-refractivity contribution >= 4 is 11.9 Å². The Bertz CT molecular complexity index is 604. The molecule has 142 valence electrons. The van der Waals surface area contributed by atoms with Gasteiger partial charge in [-0.1, -0.05) is 25.1 Å². The minimum atomic E-state index is -0.487. The summed E-state index contributed by atoms with van der Waals surface area (Å²) in [5.41, 5.74) is 0. The van der Waals surface area contributed by atoms with E-state index < -0.39 is 6.04 Å². The summed E-state index contributed by atoms with van der Waals surface area (Å²) in [4.78, 5) is 29.0. The van der Waals surface area contributed by atoms with Gasteiger partial charge in [0.05, 0.1) is 19.8 Å². The second-order valence-electron chi connectivity index (χ2n) is 6.63. The molecule has 2 fully saturated rings. The van der Waals surface area contributed by atoms with Crippen LogP contribution in [0.15, 0.2) is 30.3 Å². The number of nitrogens with one attached hydrogen (secondary N) is 1. The summed E-state index contributed by atoms with van der Waals surface area (Å²) in [5, 5.41) is 2.88. The number of hydrogen-bond acceptors (Lipinski definition) is 4. The maximum Gasteiger partial charge on any atom is 0.318 e. The van der Waals surface area contributed by atoms with Crippen molar-refractivity contribution in [3.8, 4) is 5.75 Å². The molecule has 2 aliphatic heterocycles. The topological polar surface area (TPSA) is 71.1 Å². The van der Waals surface area contributed by atoms with Crippen molar-refractivity contribution in [2.45, 2.75) is 31.9 Å². The zero-order chi connectivity index (χ0) is 18.4. The Morgan fingerprint density at radius 2 is 1.96 bits per heavy atom. The number of hydrogen-bond donors (Lipinski definition) is 1. The number of benzene rings is 1. The first-order valence-corrected chi connectivity index (χ1v) is 9.31. The molecule has 0 radical (unpaired) electrons. The fourth-order valence-corrected chi connectivity index (χ4v) is 3.36. The third-order valence-corrected chi connectivity index (χ3v) is 4.70. The highest BCUT2D eigenvalue weighted by Gasteiger charge is 2.42. The van der Waals surface area contributed by atoms with Crippen molar-refractivity contribution in [1.82, 2.24) is 15.1 Å². The van der Waals surface area contributed by atoms with E-state index in [0.717, 1.165) is 12.2 Å². The van der Waals surface area contributed by atoms with E-state index in [1.165, 1.54) is 0 Å². The number of ether oxygens (including phenoxy) is 2. The third kappa shape index (κ3) is 4.46. The molecule has 7 nitrogen and oxygen atoms in total. The van der Waals surface area contributed by atoms with E-state index in [4.69, 9.17) is 9.47 Å². The minimum absolute atomic E-state index is 0.0147. The van der Waals surface area contributed by atoms with E-state index in [-0.39, 0.29) is 18.0 Å². The molecule has 1 N–H and O–H groups in total. The molecule has 2 heterocycles. The molecular weight excluding hydrogens is 334 g/mol. The monoisotopic (exact) mass is 361 g/mol. The molecule has 2 saturated heterocycles. The summed E-state index contributed by atoms with van der Waals surface area (Å²) >= 11 is 0. The number of para-hydroxylation sites is 1. The molecule has 2 aliphatic rings. The van der Waals surface area contributed by atoms with E-state index in [9.17, 15) is 9.59 Å². The highest BCUT2D eigenvalue weighted by Crippen LogP contribution is 2.25. The average molecular weight is 361 g/mol. The molecule has 7 heteroatoms. The van der Waals surface area contributed by atoms with Crippen LogP contribution in [0.3, 0.4) is 0 Å². The number of carbonyl (C=O) groups is 2. The van der Waals surface area contributed by atoms with Gasteiger partial charge in [-0.15, -0.1) is 0 Å². The Morgan fingerprint density at radius 3 is 2.65 bits per heavy atom. The van der Waals surface area contributed by atoms with Crippen LogP contribution in [0, 0.1) is 0 Å². The lowest BCUT2D eigenvalue weighted by Crippen LogP contribution is -2.53. The first kappa shape index (κ1) is 18.5. The molecule has 1 aromatic rings. The van der Waals surface area contributed by atoms with Gasteiger partial charge >= 0.3 is 6.03 Å². The molecular formula is C19H27N3O4. The molecule has 26 heavy (non-hydrogen) atoms. The molecule has 0 bridgehead atoms. The van der Waals surface area contributed by atoms with Gasteiger partial charge in [0.1, 0.15) is 17.9 Å². The average Bonchev–Trinajstić information content (AvgIpc) is 3.11. The molecule has 1 aromatic carbocycles. The predicted molar refractivity (Wildman–Crippen MR) is 97.1 cm³/mol. The number of carbonyl (C=O) groups excluding carboxylic acids is 2. The smallest absolute Gasteiger partial charge is 0.318 e. The van der Waals surface area contributed by atoms with Gasteiger partial charge in [-0.25, -0.2) is 4.79 Å². The number of morpholine rings is 1. The van der Waals surface area contributed by atoms with E-state index in [0.29, 0.717) is 45.8 Å². The van der Waals surface area contributed by atoms with Gasteiger partial charge in [-0.2, -0.15) is 0 Å². The Hall–Kier alpha value is -2.28. The maximum atomic E-state index is 13.0. The maximum absolute atomic E-state index is 13.0. The zero-order valence-electron chi connectivity index (χ0n) is 15.2. The number of rotatable bonds is 5. The van der Waals surface area contributed by atoms with E-state index >= 15 is 0 Å². The Balaban J connectivity index is 1.70. The van der Waals surface area contributed by atoms with Crippen molar-refractivity contribution in [2.75, 3.05) is 39.4 Å². The first-order valence-electron chi connectivity index (χ1n) is 9.31. The van der Waals surface area contributed by atoms with Gasteiger partial charge in [0.2, 0.25) is 5.91 Å². The molecule has 3 amide bonds. The molecule has 0 saturated carbocycles. The van der Waals surface area contributed by atoms with Crippen molar-refractivity contribution in [2.24, 2.45) is 0 Å². The zero-order valence-corrected chi connectivity index (χ0v) is 15.2. The summed E-state index contributed by atoms with van der Waals surface area (Å²) in [5.74, 6) is 0.741. The number of likely N-dealkylation sites (tertiary alicyclic amines) is 1. The second-order valence-corrected chi connectivity index (χ2v) is 6.63. The standard InChI is InChI=1S/C19H27N3O4/c1-2-8-20-19(24)22-14-16(26-15-6-4-3-5-7-15)13-17(22)18(23)21-9-11-25-12-10-21/h3-7,16-17H,2,8-14H2,1H3,(H,20,24)/t16-,17-/m0/s1. The van der Waals surface area contributed by atoms with Gasteiger partial charge in [0.15, 0.2) is 0 Å². The Morgan fingerprint density at radius 1 is 1.23 bits per heavy atom. The summed E-state index contributed by atoms with van der Waals surface area (Å²) in [6.07, 6.45) is 1.16. The Labute approximate surface area is 154 Å². The number of urea groups is 1. The molecule has 0 aromatic heterocycles. The highest BCUT2D eigenvalue weighted by molar-refractivity contribution is 5.88. The van der Waals surface area contributed by atoms with Crippen LogP contribution in [-0.2, 0) is 9.53 Å². The number of nitrogens with zero attached hydrogens (tertiary/aromatic N) is 2. The quantitative estimate of drug-likeness (QED) is 0.863. The molecule has 0 unspecified atom stereocenters. The van der Waals surface area contributed by atoms with Crippen LogP contribution in [0.25, 0.3) is 0 Å². The largest absolute Gasteiger partial charge is 0.488 e. The van der Waals surface area contributed by atoms with Crippen LogP contribution >= 0.6 is 0 Å². The van der Waals surface area contributed by atoms with Crippen LogP contribution in [0.4, 0.5) is 4.79 Å². The third-order valence-electron chi connectivity index (χ3n) is 4.70. The van der Waals surface area contributed by atoms with E-state index in [1.807, 2.05) is 37.3 Å². The first-order chi connectivity index (χ1) is 12.7. The van der Waals surface area contributed by atoms with Crippen LogP contribution in [-0.4, -0.2) is 73.3 Å². The van der Waals surface area contributed by atoms with Crippen LogP contribution < -0.4 is 10.1 Å². The van der Waals surface area contributed by atoms with Gasteiger partial charge in [0.25, 0.3) is 0 Å². The molecule has 3 rings (SSSR count). The molecule has 0 spiro atoms. The van der Waals surface area contributed by atoms with Gasteiger partial charge in [-0.05, 0) is 18.6 Å². The van der Waals surface area contributed by atoms with Crippen LogP contribution in [0.1, 0.15) is 19.8 Å². The van der Waals surface area contributed by atoms with E-state index in [1.54, 1.807) is 9.80 Å². The summed E-state index contributed by atoms with van der Waals surface area (Å²) in [6, 6.07) is 8.84. The summed E-state index contributed by atoms with van der Waals surface area (Å²) < 4.78 is 11.3. The lowest BCUT2D eigenvalue weighted by molar-refractivity contribution is -0.139. The number of amides is 3. The molecule has 0 aliphatic carbocycles. The highest BCUT2D eigenvalue weighted by atomic mass is 16.5. The summed E-state index contributed by atoms with van der Waals surface area (Å²) in [7, 11) is 0. The van der Waals surface area contributed by atoms with Crippen molar-refractivity contribution < 1.29 is 19.1 Å². The van der Waals surface area contributed by atoms with Crippen molar-refractivity contribution in [3.05, 3.63) is 30.3 Å². The predicted octanol–water partition coefficient (Wildman–Crippen LogP) is 1.49. The Kier molecular flexibility index (Phi) is 6.33. The second kappa shape index (κ2) is 8.89. The van der Waals surface area contributed by atoms with Crippen LogP contribution in [0.5, 0.6) is 5.75 Å². The fraction of sp³-hybridized carbons (Fsp3) is 0.579.